The largest absolute Gasteiger partial charge is 0.508 e. The number of benzene rings is 2. The van der Waals surface area contributed by atoms with Gasteiger partial charge >= 0.3 is 0 Å². The second kappa shape index (κ2) is 8.79. The smallest absolute Gasteiger partial charge is 0.169 e. The summed E-state index contributed by atoms with van der Waals surface area (Å²) in [5.41, 5.74) is 2.08. The highest BCUT2D eigenvalue weighted by Gasteiger charge is 2.31. The van der Waals surface area contributed by atoms with E-state index in [1.165, 1.54) is 12.1 Å². The Bertz CT molecular complexity index is 949. The van der Waals surface area contributed by atoms with Crippen LogP contribution in [0.2, 0.25) is 0 Å². The highest BCUT2D eigenvalue weighted by Crippen LogP contribution is 2.29. The minimum atomic E-state index is -0.248. The summed E-state index contributed by atoms with van der Waals surface area (Å²) >= 11 is 0. The Kier molecular flexibility index (Phi) is 5.94. The molecule has 0 unspecified atom stereocenters. The molecule has 0 spiro atoms. The first-order chi connectivity index (χ1) is 14.5. The average Bonchev–Trinajstić information content (AvgIpc) is 3.18. The molecule has 4 rings (SSSR count). The summed E-state index contributed by atoms with van der Waals surface area (Å²) < 4.78 is 15.0. The van der Waals surface area contributed by atoms with Gasteiger partial charge in [0.2, 0.25) is 0 Å². The lowest BCUT2D eigenvalue weighted by molar-refractivity contribution is 0.135. The van der Waals surface area contributed by atoms with E-state index in [-0.39, 0.29) is 17.6 Å². The van der Waals surface area contributed by atoms with E-state index in [0.29, 0.717) is 12.5 Å². The van der Waals surface area contributed by atoms with Crippen molar-refractivity contribution in [3.63, 3.8) is 0 Å². The number of nitrogens with zero attached hydrogens (tertiary/aromatic N) is 6. The first-order valence-electron chi connectivity index (χ1n) is 10.3. The molecule has 8 heteroatoms. The van der Waals surface area contributed by atoms with Gasteiger partial charge in [-0.1, -0.05) is 26.0 Å². The standard InChI is InChI=1S/C22H27FN6O/c1-16(2)21(22-24-25-26-29(22)15-17-3-5-18(23)6-4-17)28-13-11-27(12-14-28)19-7-9-20(30)10-8-19/h3-10,16,21,30H,11-15H2,1-2H3/t21-/m0/s1. The molecular formula is C22H27FN6O. The monoisotopic (exact) mass is 410 g/mol. The van der Waals surface area contributed by atoms with Gasteiger partial charge in [-0.15, -0.1) is 5.10 Å². The number of anilines is 1. The molecule has 0 amide bonds. The number of aromatic nitrogens is 4. The molecule has 1 fully saturated rings. The number of phenols is 1. The van der Waals surface area contributed by atoms with Crippen molar-refractivity contribution in [3.05, 3.63) is 65.7 Å². The van der Waals surface area contributed by atoms with Crippen molar-refractivity contribution >= 4 is 5.69 Å². The number of aromatic hydroxyl groups is 1. The molecule has 1 atom stereocenters. The van der Waals surface area contributed by atoms with Crippen molar-refractivity contribution in [2.75, 3.05) is 31.1 Å². The maximum atomic E-state index is 13.2. The minimum Gasteiger partial charge on any atom is -0.508 e. The van der Waals surface area contributed by atoms with Crippen LogP contribution in [-0.2, 0) is 6.54 Å². The third-order valence-corrected chi connectivity index (χ3v) is 5.62. The maximum absolute atomic E-state index is 13.2. The minimum absolute atomic E-state index is 0.0995. The Morgan fingerprint density at radius 2 is 1.63 bits per heavy atom. The van der Waals surface area contributed by atoms with E-state index in [9.17, 15) is 9.50 Å². The van der Waals surface area contributed by atoms with Crippen molar-refractivity contribution in [2.45, 2.75) is 26.4 Å². The number of halogens is 1. The van der Waals surface area contributed by atoms with Gasteiger partial charge in [-0.2, -0.15) is 0 Å². The molecule has 0 radical (unpaired) electrons. The van der Waals surface area contributed by atoms with E-state index in [4.69, 9.17) is 0 Å². The maximum Gasteiger partial charge on any atom is 0.169 e. The molecule has 158 valence electrons. The van der Waals surface area contributed by atoms with Gasteiger partial charge in [0.1, 0.15) is 11.6 Å². The summed E-state index contributed by atoms with van der Waals surface area (Å²) in [6.07, 6.45) is 0. The fourth-order valence-corrected chi connectivity index (χ4v) is 4.10. The lowest BCUT2D eigenvalue weighted by atomic mass is 10.0. The molecule has 1 aliphatic heterocycles. The Morgan fingerprint density at radius 3 is 2.27 bits per heavy atom. The predicted molar refractivity (Wildman–Crippen MR) is 113 cm³/mol. The Balaban J connectivity index is 1.48. The molecule has 1 N–H and O–H groups in total. The number of tetrazole rings is 1. The second-order valence-electron chi connectivity index (χ2n) is 8.05. The molecule has 2 heterocycles. The highest BCUT2D eigenvalue weighted by atomic mass is 19.1. The summed E-state index contributed by atoms with van der Waals surface area (Å²) in [5.74, 6) is 1.21. The van der Waals surface area contributed by atoms with Gasteiger partial charge in [-0.05, 0) is 58.3 Å². The van der Waals surface area contributed by atoms with Crippen molar-refractivity contribution in [1.82, 2.24) is 25.1 Å². The van der Waals surface area contributed by atoms with E-state index >= 15 is 0 Å². The Morgan fingerprint density at radius 1 is 0.967 bits per heavy atom. The third-order valence-electron chi connectivity index (χ3n) is 5.62. The molecule has 1 aromatic heterocycles. The summed E-state index contributed by atoms with van der Waals surface area (Å²) in [7, 11) is 0. The lowest BCUT2D eigenvalue weighted by Gasteiger charge is -2.41. The van der Waals surface area contributed by atoms with Gasteiger partial charge < -0.3 is 10.0 Å². The number of hydrogen-bond donors (Lipinski definition) is 1. The van der Waals surface area contributed by atoms with Gasteiger partial charge in [0, 0.05) is 31.9 Å². The van der Waals surface area contributed by atoms with Gasteiger partial charge in [0.25, 0.3) is 0 Å². The third kappa shape index (κ3) is 4.43. The summed E-state index contributed by atoms with van der Waals surface area (Å²) in [6, 6.07) is 13.9. The van der Waals surface area contributed by atoms with Crippen LogP contribution in [0.15, 0.2) is 48.5 Å². The molecule has 0 saturated carbocycles. The lowest BCUT2D eigenvalue weighted by Crippen LogP contribution is -2.49. The van der Waals surface area contributed by atoms with Crippen LogP contribution in [0.3, 0.4) is 0 Å². The first kappa shape index (κ1) is 20.3. The van der Waals surface area contributed by atoms with E-state index in [1.807, 2.05) is 16.8 Å². The van der Waals surface area contributed by atoms with Crippen LogP contribution in [-0.4, -0.2) is 56.4 Å². The van der Waals surface area contributed by atoms with Gasteiger partial charge in [-0.25, -0.2) is 9.07 Å². The molecular weight excluding hydrogens is 383 g/mol. The predicted octanol–water partition coefficient (Wildman–Crippen LogP) is 3.09. The molecule has 0 bridgehead atoms. The van der Waals surface area contributed by atoms with Crippen LogP contribution in [0, 0.1) is 11.7 Å². The zero-order chi connectivity index (χ0) is 21.1. The molecule has 30 heavy (non-hydrogen) atoms. The Hall–Kier alpha value is -3.00. The number of rotatable bonds is 6. The first-order valence-corrected chi connectivity index (χ1v) is 10.3. The normalized spacial score (nSPS) is 16.2. The molecule has 2 aromatic carbocycles. The molecule has 1 aliphatic rings. The summed E-state index contributed by atoms with van der Waals surface area (Å²) in [6.45, 7) is 8.47. The van der Waals surface area contributed by atoms with Crippen LogP contribution in [0.1, 0.15) is 31.3 Å². The molecule has 0 aliphatic carbocycles. The summed E-state index contributed by atoms with van der Waals surface area (Å²) in [4.78, 5) is 4.77. The fraction of sp³-hybridized carbons (Fsp3) is 0.409. The van der Waals surface area contributed by atoms with Crippen LogP contribution in [0.4, 0.5) is 10.1 Å². The SMILES string of the molecule is CC(C)[C@@H](c1nnnn1Cc1ccc(F)cc1)N1CCN(c2ccc(O)cc2)CC1. The number of phenolic OH excluding ortho intramolecular Hbond substituents is 1. The van der Waals surface area contributed by atoms with Crippen molar-refractivity contribution in [2.24, 2.45) is 5.92 Å². The van der Waals surface area contributed by atoms with Crippen LogP contribution >= 0.6 is 0 Å². The van der Waals surface area contributed by atoms with E-state index in [2.05, 4.69) is 39.2 Å². The summed E-state index contributed by atoms with van der Waals surface area (Å²) in [5, 5.41) is 22.0. The average molecular weight is 410 g/mol. The van der Waals surface area contributed by atoms with E-state index in [1.54, 1.807) is 24.3 Å². The van der Waals surface area contributed by atoms with Crippen molar-refractivity contribution in [3.8, 4) is 5.75 Å². The second-order valence-corrected chi connectivity index (χ2v) is 8.05. The van der Waals surface area contributed by atoms with Crippen molar-refractivity contribution < 1.29 is 9.50 Å². The van der Waals surface area contributed by atoms with Crippen LogP contribution in [0.25, 0.3) is 0 Å². The molecule has 3 aromatic rings. The van der Waals surface area contributed by atoms with Crippen LogP contribution < -0.4 is 4.90 Å². The number of piperazine rings is 1. The zero-order valence-corrected chi connectivity index (χ0v) is 17.3. The zero-order valence-electron chi connectivity index (χ0n) is 17.3. The Labute approximate surface area is 175 Å². The highest BCUT2D eigenvalue weighted by molar-refractivity contribution is 5.49. The van der Waals surface area contributed by atoms with Crippen LogP contribution in [0.5, 0.6) is 5.75 Å². The van der Waals surface area contributed by atoms with Crippen molar-refractivity contribution in [1.29, 1.82) is 0 Å². The van der Waals surface area contributed by atoms with E-state index in [0.717, 1.165) is 43.3 Å². The van der Waals surface area contributed by atoms with Gasteiger partial charge in [0.05, 0.1) is 12.6 Å². The molecule has 1 saturated heterocycles. The van der Waals surface area contributed by atoms with Gasteiger partial charge in [0.15, 0.2) is 5.82 Å². The van der Waals surface area contributed by atoms with Gasteiger partial charge in [-0.3, -0.25) is 4.90 Å². The number of hydrogen-bond acceptors (Lipinski definition) is 6. The fourth-order valence-electron chi connectivity index (χ4n) is 4.10. The topological polar surface area (TPSA) is 70.3 Å². The van der Waals surface area contributed by atoms with E-state index < -0.39 is 0 Å². The molecule has 7 nitrogen and oxygen atoms in total. The quantitative estimate of drug-likeness (QED) is 0.674.